The molecular formula is C20H15Cl2NO3. The van der Waals surface area contributed by atoms with Crippen molar-refractivity contribution in [2.24, 2.45) is 0 Å². The van der Waals surface area contributed by atoms with Crippen molar-refractivity contribution in [1.29, 1.82) is 0 Å². The first-order chi connectivity index (χ1) is 12.5. The normalized spacial score (nSPS) is 10.9. The number of methoxy groups -OCH3 is 1. The highest BCUT2D eigenvalue weighted by molar-refractivity contribution is 6.36. The highest BCUT2D eigenvalue weighted by atomic mass is 35.5. The predicted molar refractivity (Wildman–Crippen MR) is 105 cm³/mol. The van der Waals surface area contributed by atoms with Crippen LogP contribution in [0.3, 0.4) is 0 Å². The summed E-state index contributed by atoms with van der Waals surface area (Å²) in [6.07, 6.45) is 2.98. The zero-order valence-electron chi connectivity index (χ0n) is 13.8. The van der Waals surface area contributed by atoms with Crippen LogP contribution in [0, 0.1) is 0 Å². The average Bonchev–Trinajstić information content (AvgIpc) is 3.09. The van der Waals surface area contributed by atoms with Crippen LogP contribution in [0.25, 0.3) is 17.4 Å². The highest BCUT2D eigenvalue weighted by Crippen LogP contribution is 2.31. The summed E-state index contributed by atoms with van der Waals surface area (Å²) in [5, 5.41) is 3.81. The van der Waals surface area contributed by atoms with Gasteiger partial charge in [0.15, 0.2) is 0 Å². The minimum atomic E-state index is -0.277. The standard InChI is InChI=1S/C20H15Cl2NO3/c1-25-16-4-2-3-14(12-16)23-20(24)10-7-15-6-9-19(26-15)17-8-5-13(21)11-18(17)22/h2-12H,1H3,(H,23,24)/b10-7+. The molecule has 0 aliphatic carbocycles. The fraction of sp³-hybridized carbons (Fsp3) is 0.0500. The van der Waals surface area contributed by atoms with E-state index in [1.807, 2.05) is 0 Å². The van der Waals surface area contributed by atoms with E-state index in [9.17, 15) is 4.79 Å². The maximum absolute atomic E-state index is 12.0. The van der Waals surface area contributed by atoms with Gasteiger partial charge in [-0.3, -0.25) is 4.79 Å². The van der Waals surface area contributed by atoms with E-state index in [0.717, 1.165) is 5.56 Å². The molecule has 0 aliphatic heterocycles. The van der Waals surface area contributed by atoms with Crippen LogP contribution in [0.4, 0.5) is 5.69 Å². The number of halogens is 2. The molecule has 1 amide bonds. The number of amides is 1. The minimum absolute atomic E-state index is 0.277. The zero-order chi connectivity index (χ0) is 18.5. The van der Waals surface area contributed by atoms with E-state index in [0.29, 0.717) is 33.0 Å². The van der Waals surface area contributed by atoms with E-state index in [2.05, 4.69) is 5.32 Å². The van der Waals surface area contributed by atoms with Gasteiger partial charge in [-0.05, 0) is 48.5 Å². The van der Waals surface area contributed by atoms with Crippen LogP contribution in [0.1, 0.15) is 5.76 Å². The van der Waals surface area contributed by atoms with Gasteiger partial charge in [-0.25, -0.2) is 0 Å². The number of rotatable bonds is 5. The van der Waals surface area contributed by atoms with Crippen LogP contribution >= 0.6 is 23.2 Å². The Morgan fingerprint density at radius 3 is 2.73 bits per heavy atom. The summed E-state index contributed by atoms with van der Waals surface area (Å²) < 4.78 is 10.8. The molecule has 0 radical (unpaired) electrons. The van der Waals surface area contributed by atoms with E-state index in [1.54, 1.807) is 67.8 Å². The fourth-order valence-electron chi connectivity index (χ4n) is 2.32. The van der Waals surface area contributed by atoms with E-state index in [1.165, 1.54) is 6.08 Å². The zero-order valence-corrected chi connectivity index (χ0v) is 15.3. The first-order valence-electron chi connectivity index (χ1n) is 7.73. The number of furan rings is 1. The van der Waals surface area contributed by atoms with Gasteiger partial charge < -0.3 is 14.5 Å². The summed E-state index contributed by atoms with van der Waals surface area (Å²) in [6.45, 7) is 0. The van der Waals surface area contributed by atoms with Gasteiger partial charge >= 0.3 is 0 Å². The molecule has 0 unspecified atom stereocenters. The third-order valence-electron chi connectivity index (χ3n) is 3.56. The van der Waals surface area contributed by atoms with Crippen molar-refractivity contribution in [1.82, 2.24) is 0 Å². The molecule has 26 heavy (non-hydrogen) atoms. The van der Waals surface area contributed by atoms with Crippen molar-refractivity contribution in [2.45, 2.75) is 0 Å². The Labute approximate surface area is 161 Å². The van der Waals surface area contributed by atoms with Crippen LogP contribution in [-0.2, 0) is 4.79 Å². The van der Waals surface area contributed by atoms with Crippen molar-refractivity contribution in [3.05, 3.63) is 76.5 Å². The Hall–Kier alpha value is -2.69. The van der Waals surface area contributed by atoms with E-state index in [4.69, 9.17) is 32.4 Å². The number of hydrogen-bond acceptors (Lipinski definition) is 3. The number of anilines is 1. The first-order valence-corrected chi connectivity index (χ1v) is 8.49. The molecule has 0 atom stereocenters. The summed E-state index contributed by atoms with van der Waals surface area (Å²) in [5.74, 6) is 1.52. The van der Waals surface area contributed by atoms with E-state index in [-0.39, 0.29) is 5.91 Å². The van der Waals surface area contributed by atoms with E-state index >= 15 is 0 Å². The third-order valence-corrected chi connectivity index (χ3v) is 4.11. The van der Waals surface area contributed by atoms with Gasteiger partial charge in [0.1, 0.15) is 17.3 Å². The lowest BCUT2D eigenvalue weighted by atomic mass is 10.2. The Morgan fingerprint density at radius 2 is 1.96 bits per heavy atom. The summed E-state index contributed by atoms with van der Waals surface area (Å²) in [5.41, 5.74) is 1.38. The predicted octanol–water partition coefficient (Wildman–Crippen LogP) is 5.91. The monoisotopic (exact) mass is 387 g/mol. The number of hydrogen-bond donors (Lipinski definition) is 1. The molecule has 3 rings (SSSR count). The average molecular weight is 388 g/mol. The van der Waals surface area contributed by atoms with Crippen molar-refractivity contribution >= 4 is 40.9 Å². The summed E-state index contributed by atoms with van der Waals surface area (Å²) >= 11 is 12.1. The van der Waals surface area contributed by atoms with Gasteiger partial charge in [0.05, 0.1) is 12.1 Å². The second-order valence-corrected chi connectivity index (χ2v) is 6.22. The number of ether oxygens (including phenoxy) is 1. The Morgan fingerprint density at radius 1 is 1.12 bits per heavy atom. The molecule has 1 N–H and O–H groups in total. The van der Waals surface area contributed by atoms with Crippen LogP contribution in [-0.4, -0.2) is 13.0 Å². The highest BCUT2D eigenvalue weighted by Gasteiger charge is 2.08. The van der Waals surface area contributed by atoms with Gasteiger partial charge in [-0.1, -0.05) is 29.3 Å². The largest absolute Gasteiger partial charge is 0.497 e. The lowest BCUT2D eigenvalue weighted by Crippen LogP contribution is -2.07. The van der Waals surface area contributed by atoms with Gasteiger partial charge in [0.25, 0.3) is 0 Å². The topological polar surface area (TPSA) is 51.5 Å². The molecule has 0 saturated heterocycles. The molecule has 2 aromatic carbocycles. The van der Waals surface area contributed by atoms with Crippen molar-refractivity contribution in [3.8, 4) is 17.1 Å². The van der Waals surface area contributed by atoms with Crippen LogP contribution in [0.5, 0.6) is 5.75 Å². The number of carbonyl (C=O) groups is 1. The molecule has 0 spiro atoms. The molecule has 0 aliphatic rings. The number of carbonyl (C=O) groups excluding carboxylic acids is 1. The van der Waals surface area contributed by atoms with Gasteiger partial charge in [0.2, 0.25) is 5.91 Å². The lowest BCUT2D eigenvalue weighted by Gasteiger charge is -2.04. The molecule has 4 nitrogen and oxygen atoms in total. The smallest absolute Gasteiger partial charge is 0.248 e. The number of benzene rings is 2. The molecule has 3 aromatic rings. The summed E-state index contributed by atoms with van der Waals surface area (Å²) in [6, 6.07) is 15.8. The summed E-state index contributed by atoms with van der Waals surface area (Å²) in [7, 11) is 1.57. The Balaban J connectivity index is 1.69. The SMILES string of the molecule is COc1cccc(NC(=O)/C=C/c2ccc(-c3ccc(Cl)cc3Cl)o2)c1. The minimum Gasteiger partial charge on any atom is -0.497 e. The van der Waals surface area contributed by atoms with Gasteiger partial charge in [-0.2, -0.15) is 0 Å². The van der Waals surface area contributed by atoms with Crippen molar-refractivity contribution in [3.63, 3.8) is 0 Å². The molecule has 0 bridgehead atoms. The van der Waals surface area contributed by atoms with E-state index < -0.39 is 0 Å². The van der Waals surface area contributed by atoms with Crippen LogP contribution in [0.2, 0.25) is 10.0 Å². The molecule has 132 valence electrons. The quantitative estimate of drug-likeness (QED) is 0.553. The summed E-state index contributed by atoms with van der Waals surface area (Å²) in [4.78, 5) is 12.0. The number of nitrogens with one attached hydrogen (secondary N) is 1. The maximum atomic E-state index is 12.0. The van der Waals surface area contributed by atoms with Gasteiger partial charge in [0, 0.05) is 28.4 Å². The molecule has 0 fully saturated rings. The maximum Gasteiger partial charge on any atom is 0.248 e. The second kappa shape index (κ2) is 8.13. The fourth-order valence-corrected chi connectivity index (χ4v) is 2.82. The first kappa shape index (κ1) is 18.1. The Kier molecular flexibility index (Phi) is 5.66. The molecule has 6 heteroatoms. The van der Waals surface area contributed by atoms with Crippen molar-refractivity contribution in [2.75, 3.05) is 12.4 Å². The molecule has 1 heterocycles. The third kappa shape index (κ3) is 4.48. The Bertz CT molecular complexity index is 963. The molecular weight excluding hydrogens is 373 g/mol. The molecule has 0 saturated carbocycles. The second-order valence-electron chi connectivity index (χ2n) is 5.38. The van der Waals surface area contributed by atoms with Gasteiger partial charge in [-0.15, -0.1) is 0 Å². The molecule has 1 aromatic heterocycles. The van der Waals surface area contributed by atoms with Crippen LogP contribution in [0.15, 0.2) is 65.1 Å². The lowest BCUT2D eigenvalue weighted by molar-refractivity contribution is -0.111. The van der Waals surface area contributed by atoms with Crippen molar-refractivity contribution < 1.29 is 13.9 Å². The van der Waals surface area contributed by atoms with Crippen LogP contribution < -0.4 is 10.1 Å².